The number of anilines is 1. The van der Waals surface area contributed by atoms with Crippen LogP contribution in [-0.4, -0.2) is 15.5 Å². The minimum atomic E-state index is -0.194. The minimum Gasteiger partial charge on any atom is -0.463 e. The molecule has 0 saturated carbocycles. The molecule has 0 unspecified atom stereocenters. The molecule has 1 amide bonds. The zero-order chi connectivity index (χ0) is 20.0. The van der Waals surface area contributed by atoms with Gasteiger partial charge in [-0.2, -0.15) is 0 Å². The summed E-state index contributed by atoms with van der Waals surface area (Å²) in [5, 5.41) is 3.56. The number of rotatable bonds is 4. The zero-order valence-corrected chi connectivity index (χ0v) is 16.9. The van der Waals surface area contributed by atoms with Crippen molar-refractivity contribution >= 4 is 43.7 Å². The molecule has 5 rings (SSSR count). The van der Waals surface area contributed by atoms with Crippen LogP contribution < -0.4 is 5.32 Å². The van der Waals surface area contributed by atoms with Gasteiger partial charge in [0, 0.05) is 18.7 Å². The highest BCUT2D eigenvalue weighted by Gasteiger charge is 2.19. The third-order valence-electron chi connectivity index (χ3n) is 5.11. The number of aromatic nitrogens is 2. The number of amides is 1. The van der Waals surface area contributed by atoms with Crippen molar-refractivity contribution in [3.05, 3.63) is 83.2 Å². The van der Waals surface area contributed by atoms with Crippen LogP contribution in [0.5, 0.6) is 0 Å². The van der Waals surface area contributed by atoms with Crippen LogP contribution in [0, 0.1) is 13.8 Å². The summed E-state index contributed by atoms with van der Waals surface area (Å²) in [7, 11) is 0. The van der Waals surface area contributed by atoms with Crippen molar-refractivity contribution in [3.63, 3.8) is 0 Å². The van der Waals surface area contributed by atoms with E-state index in [1.54, 1.807) is 12.3 Å². The van der Waals surface area contributed by atoms with Crippen LogP contribution in [0.25, 0.3) is 21.3 Å². The molecule has 29 heavy (non-hydrogen) atoms. The minimum absolute atomic E-state index is 0.194. The number of fused-ring (bicyclic) bond motifs is 2. The molecule has 0 saturated heterocycles. The Hall–Kier alpha value is -3.38. The van der Waals surface area contributed by atoms with E-state index >= 15 is 0 Å². The van der Waals surface area contributed by atoms with Crippen molar-refractivity contribution < 1.29 is 9.21 Å². The second-order valence-corrected chi connectivity index (χ2v) is 8.19. The summed E-state index contributed by atoms with van der Waals surface area (Å²) >= 11 is 1.48. The molecule has 0 fully saturated rings. The van der Waals surface area contributed by atoms with Crippen LogP contribution >= 0.6 is 11.3 Å². The van der Waals surface area contributed by atoms with Gasteiger partial charge in [0.1, 0.15) is 5.69 Å². The first-order chi connectivity index (χ1) is 14.1. The summed E-state index contributed by atoms with van der Waals surface area (Å²) in [6.07, 6.45) is 1.65. The molecule has 3 aromatic heterocycles. The average molecular weight is 401 g/mol. The number of nitrogens with one attached hydrogen (secondary N) is 1. The van der Waals surface area contributed by atoms with Gasteiger partial charge in [-0.25, -0.2) is 4.98 Å². The van der Waals surface area contributed by atoms with Gasteiger partial charge in [0.25, 0.3) is 5.91 Å². The Bertz CT molecular complexity index is 1360. The SMILES string of the molecule is Cc1ccc2nc(NC(=O)c3cc4occc4n3Cc3ccccc3C)sc2c1. The van der Waals surface area contributed by atoms with E-state index in [1.165, 1.54) is 22.5 Å². The number of hydrogen-bond donors (Lipinski definition) is 1. The Balaban J connectivity index is 1.51. The summed E-state index contributed by atoms with van der Waals surface area (Å²) in [4.78, 5) is 17.7. The van der Waals surface area contributed by atoms with Crippen LogP contribution in [0.2, 0.25) is 0 Å². The fourth-order valence-corrected chi connectivity index (χ4v) is 4.50. The van der Waals surface area contributed by atoms with Crippen LogP contribution in [0.4, 0.5) is 5.13 Å². The van der Waals surface area contributed by atoms with Crippen LogP contribution in [0.15, 0.2) is 65.3 Å². The maximum atomic E-state index is 13.1. The van der Waals surface area contributed by atoms with E-state index in [1.807, 2.05) is 41.8 Å². The standard InChI is InChI=1S/C23H19N3O2S/c1-14-7-8-17-21(11-14)29-23(24-17)25-22(27)19-12-20-18(9-10-28-20)26(19)13-16-6-4-3-5-15(16)2/h3-12H,13H2,1-2H3,(H,24,25,27). The normalized spacial score (nSPS) is 11.4. The fourth-order valence-electron chi connectivity index (χ4n) is 3.54. The van der Waals surface area contributed by atoms with Crippen molar-refractivity contribution in [3.8, 4) is 0 Å². The highest BCUT2D eigenvalue weighted by molar-refractivity contribution is 7.22. The number of carbonyl (C=O) groups excluding carboxylic acids is 1. The molecule has 6 heteroatoms. The van der Waals surface area contributed by atoms with E-state index in [9.17, 15) is 4.79 Å². The average Bonchev–Trinajstić information content (AvgIpc) is 3.38. The van der Waals surface area contributed by atoms with Gasteiger partial charge in [-0.1, -0.05) is 41.7 Å². The van der Waals surface area contributed by atoms with Crippen molar-refractivity contribution in [2.45, 2.75) is 20.4 Å². The molecule has 0 atom stereocenters. The first-order valence-corrected chi connectivity index (χ1v) is 10.2. The van der Waals surface area contributed by atoms with Gasteiger partial charge in [0.2, 0.25) is 0 Å². The number of benzene rings is 2. The topological polar surface area (TPSA) is 60.1 Å². The van der Waals surface area contributed by atoms with E-state index in [2.05, 4.69) is 35.4 Å². The van der Waals surface area contributed by atoms with Crippen molar-refractivity contribution in [1.82, 2.24) is 9.55 Å². The van der Waals surface area contributed by atoms with Gasteiger partial charge in [0.15, 0.2) is 10.7 Å². The lowest BCUT2D eigenvalue weighted by atomic mass is 10.1. The van der Waals surface area contributed by atoms with E-state index in [0.717, 1.165) is 21.3 Å². The second kappa shape index (κ2) is 6.90. The van der Waals surface area contributed by atoms with Gasteiger partial charge in [-0.3, -0.25) is 10.1 Å². The lowest BCUT2D eigenvalue weighted by Gasteiger charge is -2.11. The van der Waals surface area contributed by atoms with Gasteiger partial charge < -0.3 is 8.98 Å². The predicted molar refractivity (Wildman–Crippen MR) is 117 cm³/mol. The summed E-state index contributed by atoms with van der Waals surface area (Å²) in [5.41, 5.74) is 6.56. The number of hydrogen-bond acceptors (Lipinski definition) is 4. The summed E-state index contributed by atoms with van der Waals surface area (Å²) in [6.45, 7) is 4.72. The third-order valence-corrected chi connectivity index (χ3v) is 6.04. The number of furan rings is 1. The highest BCUT2D eigenvalue weighted by atomic mass is 32.1. The molecule has 0 radical (unpaired) electrons. The maximum absolute atomic E-state index is 13.1. The van der Waals surface area contributed by atoms with Crippen molar-refractivity contribution in [2.75, 3.05) is 5.32 Å². The van der Waals surface area contributed by atoms with Crippen molar-refractivity contribution in [2.24, 2.45) is 0 Å². The molecule has 3 heterocycles. The Morgan fingerprint density at radius 2 is 2.00 bits per heavy atom. The molecule has 0 aliphatic rings. The molecule has 0 bridgehead atoms. The number of aryl methyl sites for hydroxylation is 2. The molecule has 1 N–H and O–H groups in total. The lowest BCUT2D eigenvalue weighted by Crippen LogP contribution is -2.17. The van der Waals surface area contributed by atoms with Crippen LogP contribution in [0.1, 0.15) is 27.2 Å². The Morgan fingerprint density at radius 3 is 2.86 bits per heavy atom. The Morgan fingerprint density at radius 1 is 1.14 bits per heavy atom. The summed E-state index contributed by atoms with van der Waals surface area (Å²) < 4.78 is 8.61. The van der Waals surface area contributed by atoms with E-state index in [0.29, 0.717) is 23.0 Å². The van der Waals surface area contributed by atoms with E-state index in [4.69, 9.17) is 4.42 Å². The quantitative estimate of drug-likeness (QED) is 0.416. The Labute approximate surface area is 171 Å². The largest absolute Gasteiger partial charge is 0.463 e. The van der Waals surface area contributed by atoms with Gasteiger partial charge in [-0.15, -0.1) is 0 Å². The van der Waals surface area contributed by atoms with Crippen LogP contribution in [0.3, 0.4) is 0 Å². The monoisotopic (exact) mass is 401 g/mol. The maximum Gasteiger partial charge on any atom is 0.274 e. The lowest BCUT2D eigenvalue weighted by molar-refractivity contribution is 0.101. The molecular weight excluding hydrogens is 382 g/mol. The first kappa shape index (κ1) is 17.7. The molecule has 144 valence electrons. The van der Waals surface area contributed by atoms with Crippen molar-refractivity contribution in [1.29, 1.82) is 0 Å². The molecule has 0 spiro atoms. The summed E-state index contributed by atoms with van der Waals surface area (Å²) in [6, 6.07) is 18.0. The fraction of sp³-hybridized carbons (Fsp3) is 0.130. The first-order valence-electron chi connectivity index (χ1n) is 9.38. The van der Waals surface area contributed by atoms with Crippen LogP contribution in [-0.2, 0) is 6.54 Å². The second-order valence-electron chi connectivity index (χ2n) is 7.16. The molecular formula is C23H19N3O2S. The molecule has 5 aromatic rings. The van der Waals surface area contributed by atoms with E-state index in [-0.39, 0.29) is 5.91 Å². The molecule has 2 aromatic carbocycles. The number of carbonyl (C=O) groups is 1. The van der Waals surface area contributed by atoms with Gasteiger partial charge in [-0.05, 0) is 42.7 Å². The number of thiazole rings is 1. The predicted octanol–water partition coefficient (Wildman–Crippen LogP) is 5.76. The highest BCUT2D eigenvalue weighted by Crippen LogP contribution is 2.28. The van der Waals surface area contributed by atoms with E-state index < -0.39 is 0 Å². The van der Waals surface area contributed by atoms with Gasteiger partial charge in [0.05, 0.1) is 22.0 Å². The zero-order valence-electron chi connectivity index (χ0n) is 16.1. The number of nitrogens with zero attached hydrogens (tertiary/aromatic N) is 2. The molecule has 0 aliphatic carbocycles. The molecule has 5 nitrogen and oxygen atoms in total. The third kappa shape index (κ3) is 3.21. The van der Waals surface area contributed by atoms with Gasteiger partial charge >= 0.3 is 0 Å². The Kier molecular flexibility index (Phi) is 4.21. The summed E-state index contributed by atoms with van der Waals surface area (Å²) in [5.74, 6) is -0.194. The molecule has 0 aliphatic heterocycles. The smallest absolute Gasteiger partial charge is 0.274 e.